The van der Waals surface area contributed by atoms with Gasteiger partial charge in [-0.1, -0.05) is 0 Å². The van der Waals surface area contributed by atoms with Crippen LogP contribution in [0.15, 0.2) is 0 Å². The molecular formula is C17H24N4O3S. The molecule has 0 unspecified atom stereocenters. The topological polar surface area (TPSA) is 119 Å². The van der Waals surface area contributed by atoms with Crippen LogP contribution in [0.2, 0.25) is 0 Å². The van der Waals surface area contributed by atoms with Crippen LogP contribution in [0.1, 0.15) is 46.5 Å². The third kappa shape index (κ3) is 4.01. The normalized spacial score (nSPS) is 18.6. The quantitative estimate of drug-likeness (QED) is 0.718. The maximum atomic E-state index is 12.4. The standard InChI is InChI=1S/C17H24N4O3S/c18-15(23)10-5-7-21(8-6-10)9-13(22)20-17-14(16(19)24)11-3-1-2-4-12(11)25-17/h10H,1-9H2,(H2,18,23)(H2,19,24)(H,20,22). The van der Waals surface area contributed by atoms with E-state index in [1.54, 1.807) is 0 Å². The van der Waals surface area contributed by atoms with Crippen molar-refractivity contribution in [1.82, 2.24) is 4.90 Å². The molecule has 25 heavy (non-hydrogen) atoms. The third-order valence-electron chi connectivity index (χ3n) is 5.03. The smallest absolute Gasteiger partial charge is 0.251 e. The molecule has 2 heterocycles. The molecule has 5 N–H and O–H groups in total. The number of likely N-dealkylation sites (tertiary alicyclic amines) is 1. The second-order valence-electron chi connectivity index (χ2n) is 6.78. The van der Waals surface area contributed by atoms with Gasteiger partial charge in [-0.2, -0.15) is 0 Å². The third-order valence-corrected chi connectivity index (χ3v) is 6.24. The summed E-state index contributed by atoms with van der Waals surface area (Å²) >= 11 is 1.47. The Morgan fingerprint density at radius 2 is 1.80 bits per heavy atom. The molecule has 1 aliphatic carbocycles. The molecule has 0 spiro atoms. The van der Waals surface area contributed by atoms with Gasteiger partial charge >= 0.3 is 0 Å². The van der Waals surface area contributed by atoms with Gasteiger partial charge in [0.15, 0.2) is 0 Å². The van der Waals surface area contributed by atoms with E-state index < -0.39 is 5.91 Å². The number of fused-ring (bicyclic) bond motifs is 1. The largest absolute Gasteiger partial charge is 0.369 e. The number of carbonyl (C=O) groups excluding carboxylic acids is 3. The molecule has 8 heteroatoms. The van der Waals surface area contributed by atoms with E-state index in [1.165, 1.54) is 11.3 Å². The molecule has 1 fully saturated rings. The summed E-state index contributed by atoms with van der Waals surface area (Å²) in [5.74, 6) is -0.986. The van der Waals surface area contributed by atoms with Crippen molar-refractivity contribution in [3.05, 3.63) is 16.0 Å². The van der Waals surface area contributed by atoms with Crippen molar-refractivity contribution in [2.24, 2.45) is 17.4 Å². The molecule has 3 amide bonds. The monoisotopic (exact) mass is 364 g/mol. The number of hydrogen-bond donors (Lipinski definition) is 3. The van der Waals surface area contributed by atoms with Gasteiger partial charge in [-0.05, 0) is 57.2 Å². The van der Waals surface area contributed by atoms with Crippen molar-refractivity contribution in [3.8, 4) is 0 Å². The van der Waals surface area contributed by atoms with Crippen LogP contribution in [0.4, 0.5) is 5.00 Å². The van der Waals surface area contributed by atoms with Gasteiger partial charge in [-0.15, -0.1) is 11.3 Å². The summed E-state index contributed by atoms with van der Waals surface area (Å²) in [5, 5.41) is 3.46. The van der Waals surface area contributed by atoms with Crippen LogP contribution in [0.3, 0.4) is 0 Å². The first kappa shape index (κ1) is 17.9. The highest BCUT2D eigenvalue weighted by atomic mass is 32.1. The van der Waals surface area contributed by atoms with Crippen LogP contribution in [-0.2, 0) is 22.4 Å². The first-order chi connectivity index (χ1) is 12.0. The molecule has 0 atom stereocenters. The Labute approximate surface area is 150 Å². The van der Waals surface area contributed by atoms with Crippen LogP contribution < -0.4 is 16.8 Å². The zero-order valence-corrected chi connectivity index (χ0v) is 15.0. The van der Waals surface area contributed by atoms with Gasteiger partial charge in [-0.25, -0.2) is 0 Å². The summed E-state index contributed by atoms with van der Waals surface area (Å²) in [7, 11) is 0. The first-order valence-electron chi connectivity index (χ1n) is 8.71. The van der Waals surface area contributed by atoms with Gasteiger partial charge in [0, 0.05) is 10.8 Å². The number of nitrogens with one attached hydrogen (secondary N) is 1. The predicted octanol–water partition coefficient (Wildman–Crippen LogP) is 0.862. The van der Waals surface area contributed by atoms with Crippen LogP contribution in [-0.4, -0.2) is 42.3 Å². The lowest BCUT2D eigenvalue weighted by molar-refractivity contribution is -0.123. The molecule has 136 valence electrons. The van der Waals surface area contributed by atoms with Crippen molar-refractivity contribution in [2.45, 2.75) is 38.5 Å². The van der Waals surface area contributed by atoms with E-state index in [1.807, 2.05) is 4.90 Å². The Morgan fingerprint density at radius 3 is 2.44 bits per heavy atom. The number of carbonyl (C=O) groups is 3. The van der Waals surface area contributed by atoms with Crippen molar-refractivity contribution < 1.29 is 14.4 Å². The lowest BCUT2D eigenvalue weighted by atomic mass is 9.95. The maximum Gasteiger partial charge on any atom is 0.251 e. The minimum Gasteiger partial charge on any atom is -0.369 e. The number of thiophene rings is 1. The molecule has 0 radical (unpaired) electrons. The Kier molecular flexibility index (Phi) is 5.39. The van der Waals surface area contributed by atoms with E-state index in [9.17, 15) is 14.4 Å². The molecular weight excluding hydrogens is 340 g/mol. The molecule has 2 aliphatic rings. The zero-order valence-electron chi connectivity index (χ0n) is 14.2. The first-order valence-corrected chi connectivity index (χ1v) is 9.53. The predicted molar refractivity (Wildman–Crippen MR) is 96.5 cm³/mol. The molecule has 1 saturated heterocycles. The van der Waals surface area contributed by atoms with Crippen molar-refractivity contribution in [2.75, 3.05) is 25.0 Å². The average molecular weight is 364 g/mol. The van der Waals surface area contributed by atoms with Crippen LogP contribution in [0.5, 0.6) is 0 Å². The van der Waals surface area contributed by atoms with Crippen LogP contribution in [0.25, 0.3) is 0 Å². The molecule has 7 nitrogen and oxygen atoms in total. The fraction of sp³-hybridized carbons (Fsp3) is 0.588. The lowest BCUT2D eigenvalue weighted by Crippen LogP contribution is -2.42. The Balaban J connectivity index is 1.63. The number of hydrogen-bond acceptors (Lipinski definition) is 5. The van der Waals surface area contributed by atoms with Crippen LogP contribution >= 0.6 is 11.3 Å². The number of anilines is 1. The molecule has 1 aromatic heterocycles. The van der Waals surface area contributed by atoms with E-state index in [0.717, 1.165) is 36.1 Å². The van der Waals surface area contributed by atoms with Gasteiger partial charge in [0.05, 0.1) is 12.1 Å². The molecule has 1 aliphatic heterocycles. The number of rotatable bonds is 5. The van der Waals surface area contributed by atoms with Gasteiger partial charge in [0.1, 0.15) is 5.00 Å². The summed E-state index contributed by atoms with van der Waals surface area (Å²) in [6.07, 6.45) is 5.31. The second kappa shape index (κ2) is 7.53. The highest BCUT2D eigenvalue weighted by Crippen LogP contribution is 2.37. The highest BCUT2D eigenvalue weighted by molar-refractivity contribution is 7.17. The Bertz CT molecular complexity index is 692. The summed E-state index contributed by atoms with van der Waals surface area (Å²) < 4.78 is 0. The zero-order chi connectivity index (χ0) is 18.0. The van der Waals surface area contributed by atoms with E-state index in [0.29, 0.717) is 36.5 Å². The molecule has 3 rings (SSSR count). The number of primary amides is 2. The Hall–Kier alpha value is -1.93. The Morgan fingerprint density at radius 1 is 1.12 bits per heavy atom. The summed E-state index contributed by atoms with van der Waals surface area (Å²) in [6.45, 7) is 1.58. The van der Waals surface area contributed by atoms with Crippen LogP contribution in [0, 0.1) is 5.92 Å². The van der Waals surface area contributed by atoms with Gasteiger partial charge in [0.25, 0.3) is 5.91 Å². The minimum absolute atomic E-state index is 0.0928. The van der Waals surface area contributed by atoms with Crippen molar-refractivity contribution in [1.29, 1.82) is 0 Å². The molecule has 0 aromatic carbocycles. The summed E-state index contributed by atoms with van der Waals surface area (Å²) in [6, 6.07) is 0. The summed E-state index contributed by atoms with van der Waals surface area (Å²) in [5.41, 5.74) is 12.4. The number of amides is 3. The fourth-order valence-corrected chi connectivity index (χ4v) is 4.97. The minimum atomic E-state index is -0.475. The molecule has 0 bridgehead atoms. The highest BCUT2D eigenvalue weighted by Gasteiger charge is 2.27. The fourth-order valence-electron chi connectivity index (χ4n) is 3.66. The SMILES string of the molecule is NC(=O)c1c(NC(=O)CN2CCC(C(N)=O)CC2)sc2c1CCCC2. The van der Waals surface area contributed by atoms with E-state index in [2.05, 4.69) is 5.32 Å². The molecule has 1 aromatic rings. The number of aryl methyl sites for hydroxylation is 1. The number of nitrogens with zero attached hydrogens (tertiary/aromatic N) is 1. The number of nitrogens with two attached hydrogens (primary N) is 2. The summed E-state index contributed by atoms with van der Waals surface area (Å²) in [4.78, 5) is 38.6. The van der Waals surface area contributed by atoms with Crippen molar-refractivity contribution >= 4 is 34.1 Å². The maximum absolute atomic E-state index is 12.4. The molecule has 0 saturated carbocycles. The second-order valence-corrected chi connectivity index (χ2v) is 7.89. The van der Waals surface area contributed by atoms with Gasteiger partial charge < -0.3 is 16.8 Å². The van der Waals surface area contributed by atoms with Gasteiger partial charge in [0.2, 0.25) is 11.8 Å². The van der Waals surface area contributed by atoms with E-state index in [4.69, 9.17) is 11.5 Å². The number of piperidine rings is 1. The van der Waals surface area contributed by atoms with E-state index >= 15 is 0 Å². The van der Waals surface area contributed by atoms with E-state index in [-0.39, 0.29) is 24.3 Å². The average Bonchev–Trinajstić information content (AvgIpc) is 2.92. The lowest BCUT2D eigenvalue weighted by Gasteiger charge is -2.29. The van der Waals surface area contributed by atoms with Gasteiger partial charge in [-0.3, -0.25) is 19.3 Å². The van der Waals surface area contributed by atoms with Crippen molar-refractivity contribution in [3.63, 3.8) is 0 Å².